The Morgan fingerprint density at radius 3 is 1.42 bits per heavy atom. The molecule has 0 amide bonds. The summed E-state index contributed by atoms with van der Waals surface area (Å²) in [6, 6.07) is 0. The molecule has 0 fully saturated rings. The Morgan fingerprint density at radius 2 is 0.943 bits per heavy atom. The molecule has 10 nitrogen and oxygen atoms in total. The highest BCUT2D eigenvalue weighted by atomic mass is 31.2. The third-order valence-electron chi connectivity index (χ3n) is 9.08. The molecule has 53 heavy (non-hydrogen) atoms. The number of unbranched alkanes of at least 4 members (excludes halogenated alkanes) is 22. The number of hydrogen-bond donors (Lipinski definition) is 3. The van der Waals surface area contributed by atoms with Crippen LogP contribution in [-0.4, -0.2) is 65.7 Å². The number of phosphoric ester groups is 1. The van der Waals surface area contributed by atoms with Crippen LogP contribution in [0.3, 0.4) is 0 Å². The molecule has 0 bridgehead atoms. The molecule has 0 aliphatic heterocycles. The van der Waals surface area contributed by atoms with Gasteiger partial charge in [0.05, 0.1) is 19.8 Å². The predicted octanol–water partition coefficient (Wildman–Crippen LogP) is 11.0. The first kappa shape index (κ1) is 51.5. The third kappa shape index (κ3) is 38.5. The number of aliphatic hydroxyl groups excluding tert-OH is 2. The topological polar surface area (TPSA) is 149 Å². The lowest BCUT2D eigenvalue weighted by Crippen LogP contribution is -2.29. The van der Waals surface area contributed by atoms with Crippen molar-refractivity contribution in [3.05, 3.63) is 24.3 Å². The Labute approximate surface area is 323 Å². The lowest BCUT2D eigenvalue weighted by Gasteiger charge is -2.20. The number of esters is 2. The van der Waals surface area contributed by atoms with E-state index in [2.05, 4.69) is 42.7 Å². The van der Waals surface area contributed by atoms with E-state index in [1.807, 2.05) is 0 Å². The van der Waals surface area contributed by atoms with Gasteiger partial charge >= 0.3 is 19.8 Å². The molecule has 0 aromatic rings. The zero-order chi connectivity index (χ0) is 39.1. The fraction of sp³-hybridized carbons (Fsp3) is 0.857. The molecule has 0 aromatic heterocycles. The molecule has 0 saturated carbocycles. The lowest BCUT2D eigenvalue weighted by molar-refractivity contribution is -0.161. The molecule has 0 heterocycles. The number of aliphatic hydroxyl groups is 2. The van der Waals surface area contributed by atoms with Crippen molar-refractivity contribution in [3.63, 3.8) is 0 Å². The summed E-state index contributed by atoms with van der Waals surface area (Å²) in [6.45, 7) is 2.34. The molecule has 3 N–H and O–H groups in total. The van der Waals surface area contributed by atoms with Crippen molar-refractivity contribution in [2.45, 2.75) is 206 Å². The molecule has 0 aromatic carbocycles. The summed E-state index contributed by atoms with van der Waals surface area (Å²) < 4.78 is 32.7. The SMILES string of the molecule is CCCC/C=C/CCCCCCCCCCCC(=O)OC[C@H](COP(=O)(O)OC[C@@H](O)CO)OC(=O)CCCCCCC/C=C/CCCCCCCC. The van der Waals surface area contributed by atoms with Crippen molar-refractivity contribution in [1.82, 2.24) is 0 Å². The number of allylic oxidation sites excluding steroid dienone is 4. The molecule has 0 aliphatic rings. The van der Waals surface area contributed by atoms with Crippen molar-refractivity contribution in [1.29, 1.82) is 0 Å². The van der Waals surface area contributed by atoms with Crippen LogP contribution in [0.4, 0.5) is 0 Å². The van der Waals surface area contributed by atoms with Crippen LogP contribution in [-0.2, 0) is 32.7 Å². The van der Waals surface area contributed by atoms with Gasteiger partial charge in [0.25, 0.3) is 0 Å². The second kappa shape index (κ2) is 38.7. The Bertz CT molecular complexity index is 941. The molecule has 0 aliphatic carbocycles. The number of carbonyl (C=O) groups excluding carboxylic acids is 2. The third-order valence-corrected chi connectivity index (χ3v) is 10.0. The van der Waals surface area contributed by atoms with Gasteiger partial charge in [-0.15, -0.1) is 0 Å². The Hall–Kier alpha value is -1.55. The summed E-state index contributed by atoms with van der Waals surface area (Å²) in [5.41, 5.74) is 0. The average Bonchev–Trinajstić information content (AvgIpc) is 3.14. The summed E-state index contributed by atoms with van der Waals surface area (Å²) >= 11 is 0. The molecule has 11 heteroatoms. The first-order valence-corrected chi connectivity index (χ1v) is 22.8. The number of rotatable bonds is 40. The fourth-order valence-corrected chi connectivity index (χ4v) is 6.52. The summed E-state index contributed by atoms with van der Waals surface area (Å²) in [6.07, 6.45) is 37.1. The smallest absolute Gasteiger partial charge is 0.462 e. The minimum absolute atomic E-state index is 0.176. The quantitative estimate of drug-likeness (QED) is 0.0238. The summed E-state index contributed by atoms with van der Waals surface area (Å²) in [4.78, 5) is 34.9. The highest BCUT2D eigenvalue weighted by molar-refractivity contribution is 7.47. The number of hydrogen-bond acceptors (Lipinski definition) is 9. The fourth-order valence-electron chi connectivity index (χ4n) is 5.73. The van der Waals surface area contributed by atoms with Crippen LogP contribution in [0.1, 0.15) is 194 Å². The average molecular weight is 775 g/mol. The summed E-state index contributed by atoms with van der Waals surface area (Å²) in [7, 11) is -4.61. The van der Waals surface area contributed by atoms with Crippen molar-refractivity contribution >= 4 is 19.8 Å². The Morgan fingerprint density at radius 1 is 0.547 bits per heavy atom. The van der Waals surface area contributed by atoms with E-state index >= 15 is 0 Å². The first-order valence-electron chi connectivity index (χ1n) is 21.3. The molecule has 0 radical (unpaired) electrons. The van der Waals surface area contributed by atoms with Crippen molar-refractivity contribution < 1.29 is 47.8 Å². The minimum atomic E-state index is -4.61. The zero-order valence-corrected chi connectivity index (χ0v) is 34.6. The Balaban J connectivity index is 4.31. The standard InChI is InChI=1S/C42H79O10P/c1-3-5-7-9-11-13-15-17-19-21-23-25-27-29-31-33-41(45)49-37-40(38-51-53(47,48)50-36-39(44)35-43)52-42(46)34-32-30-28-26-24-22-20-18-16-14-12-10-8-6-4-2/h9,11,18,20,39-40,43-44H,3-8,10,12-17,19,21-38H2,1-2H3,(H,47,48)/b11-9+,20-18+/t39-,40+/m0/s1. The second-order valence-electron chi connectivity index (χ2n) is 14.4. The Kier molecular flexibility index (Phi) is 37.6. The summed E-state index contributed by atoms with van der Waals surface area (Å²) in [5, 5.41) is 18.3. The van der Waals surface area contributed by atoms with Crippen LogP contribution in [0.15, 0.2) is 24.3 Å². The minimum Gasteiger partial charge on any atom is -0.462 e. The van der Waals surface area contributed by atoms with Crippen LogP contribution in [0, 0.1) is 0 Å². The number of carbonyl (C=O) groups is 2. The van der Waals surface area contributed by atoms with Crippen LogP contribution < -0.4 is 0 Å². The number of phosphoric acid groups is 1. The van der Waals surface area contributed by atoms with Gasteiger partial charge in [-0.05, 0) is 57.8 Å². The van der Waals surface area contributed by atoms with E-state index < -0.39 is 51.8 Å². The van der Waals surface area contributed by atoms with Gasteiger partial charge in [0.1, 0.15) is 12.7 Å². The predicted molar refractivity (Wildman–Crippen MR) is 215 cm³/mol. The van der Waals surface area contributed by atoms with Gasteiger partial charge < -0.3 is 24.6 Å². The normalized spacial score (nSPS) is 14.1. The maximum atomic E-state index is 12.6. The molecular weight excluding hydrogens is 695 g/mol. The van der Waals surface area contributed by atoms with E-state index in [-0.39, 0.29) is 19.4 Å². The maximum absolute atomic E-state index is 12.6. The summed E-state index contributed by atoms with van der Waals surface area (Å²) in [5.74, 6) is -0.933. The van der Waals surface area contributed by atoms with Crippen LogP contribution in [0.2, 0.25) is 0 Å². The molecule has 312 valence electrons. The highest BCUT2D eigenvalue weighted by Gasteiger charge is 2.27. The van der Waals surface area contributed by atoms with E-state index in [9.17, 15) is 24.2 Å². The van der Waals surface area contributed by atoms with Crippen molar-refractivity contribution in [2.75, 3.05) is 26.4 Å². The lowest BCUT2D eigenvalue weighted by atomic mass is 10.1. The number of ether oxygens (including phenoxy) is 2. The van der Waals surface area contributed by atoms with Gasteiger partial charge in [-0.3, -0.25) is 18.6 Å². The van der Waals surface area contributed by atoms with Gasteiger partial charge in [-0.1, -0.05) is 147 Å². The van der Waals surface area contributed by atoms with Gasteiger partial charge in [-0.25, -0.2) is 4.57 Å². The van der Waals surface area contributed by atoms with E-state index in [1.54, 1.807) is 0 Å². The second-order valence-corrected chi connectivity index (χ2v) is 15.8. The van der Waals surface area contributed by atoms with Crippen molar-refractivity contribution in [2.24, 2.45) is 0 Å². The first-order chi connectivity index (χ1) is 25.7. The molecular formula is C42H79O10P. The molecule has 0 rings (SSSR count). The van der Waals surface area contributed by atoms with Crippen LogP contribution >= 0.6 is 7.82 Å². The van der Waals surface area contributed by atoms with Crippen LogP contribution in [0.25, 0.3) is 0 Å². The van der Waals surface area contributed by atoms with Gasteiger partial charge in [-0.2, -0.15) is 0 Å². The van der Waals surface area contributed by atoms with Crippen LogP contribution in [0.5, 0.6) is 0 Å². The zero-order valence-electron chi connectivity index (χ0n) is 33.7. The van der Waals surface area contributed by atoms with E-state index in [4.69, 9.17) is 19.1 Å². The van der Waals surface area contributed by atoms with Gasteiger partial charge in [0, 0.05) is 12.8 Å². The van der Waals surface area contributed by atoms with E-state index in [0.717, 1.165) is 57.8 Å². The van der Waals surface area contributed by atoms with Crippen molar-refractivity contribution in [3.8, 4) is 0 Å². The molecule has 0 saturated heterocycles. The van der Waals surface area contributed by atoms with Gasteiger partial charge in [0.15, 0.2) is 6.10 Å². The maximum Gasteiger partial charge on any atom is 0.472 e. The van der Waals surface area contributed by atoms with Gasteiger partial charge in [0.2, 0.25) is 0 Å². The largest absolute Gasteiger partial charge is 0.472 e. The monoisotopic (exact) mass is 775 g/mol. The molecule has 3 atom stereocenters. The molecule has 0 spiro atoms. The van der Waals surface area contributed by atoms with E-state index in [1.165, 1.54) is 96.3 Å². The van der Waals surface area contributed by atoms with E-state index in [0.29, 0.717) is 12.8 Å². The molecule has 1 unspecified atom stereocenters. The highest BCUT2D eigenvalue weighted by Crippen LogP contribution is 2.43.